The van der Waals surface area contributed by atoms with Crippen LogP contribution < -0.4 is 0 Å². The van der Waals surface area contributed by atoms with Crippen molar-refractivity contribution in [2.45, 2.75) is 87.7 Å². The Kier molecular flexibility index (Phi) is 4.90. The van der Waals surface area contributed by atoms with Gasteiger partial charge in [0, 0.05) is 12.5 Å². The minimum atomic E-state index is -0.858. The predicted molar refractivity (Wildman–Crippen MR) is 119 cm³/mol. The first-order valence-corrected chi connectivity index (χ1v) is 12.5. The van der Waals surface area contributed by atoms with Gasteiger partial charge in [0.15, 0.2) is 5.82 Å². The Morgan fingerprint density at radius 1 is 1.00 bits per heavy atom. The van der Waals surface area contributed by atoms with Gasteiger partial charge in [0.1, 0.15) is 11.4 Å². The highest BCUT2D eigenvalue weighted by Crippen LogP contribution is 2.50. The van der Waals surface area contributed by atoms with Gasteiger partial charge in [-0.1, -0.05) is 30.3 Å². The van der Waals surface area contributed by atoms with E-state index >= 15 is 0 Å². The first-order valence-electron chi connectivity index (χ1n) is 12.5. The van der Waals surface area contributed by atoms with E-state index in [1.54, 1.807) is 0 Å². The number of benzene rings is 1. The summed E-state index contributed by atoms with van der Waals surface area (Å²) < 4.78 is 8.82. The number of hydrogen-bond acceptors (Lipinski definition) is 4. The number of carboxylic acids is 1. The van der Waals surface area contributed by atoms with Gasteiger partial charge in [-0.2, -0.15) is 5.10 Å². The Bertz CT molecular complexity index is 981. The minimum absolute atomic E-state index is 0.543. The molecule has 1 heterocycles. The van der Waals surface area contributed by atoms with Crippen LogP contribution in [0, 0.1) is 11.8 Å². The van der Waals surface area contributed by atoms with Crippen molar-refractivity contribution >= 4 is 5.97 Å². The van der Waals surface area contributed by atoms with E-state index in [1.165, 1.54) is 38.5 Å². The number of carbonyl (C=O) groups is 1. The van der Waals surface area contributed by atoms with Crippen molar-refractivity contribution in [2.75, 3.05) is 6.61 Å². The van der Waals surface area contributed by atoms with Gasteiger partial charge in [0.05, 0.1) is 12.0 Å². The molecule has 6 rings (SSSR count). The maximum atomic E-state index is 12.5. The van der Waals surface area contributed by atoms with E-state index in [0.717, 1.165) is 36.3 Å². The Labute approximate surface area is 189 Å². The Hall–Kier alpha value is -2.21. The Morgan fingerprint density at radius 2 is 1.69 bits per heavy atom. The van der Waals surface area contributed by atoms with Crippen molar-refractivity contribution in [2.24, 2.45) is 11.8 Å². The molecule has 4 aliphatic carbocycles. The molecule has 0 bridgehead atoms. The Balaban J connectivity index is 1.32. The molecule has 1 aromatic carbocycles. The number of aromatic nitrogens is 3. The van der Waals surface area contributed by atoms with E-state index in [1.807, 2.05) is 30.3 Å². The highest BCUT2D eigenvalue weighted by Gasteiger charge is 2.52. The molecule has 6 nitrogen and oxygen atoms in total. The molecule has 0 aliphatic heterocycles. The van der Waals surface area contributed by atoms with E-state index in [0.29, 0.717) is 37.5 Å². The summed E-state index contributed by atoms with van der Waals surface area (Å²) in [5.41, 5.74) is -0.521. The summed E-state index contributed by atoms with van der Waals surface area (Å²) >= 11 is 0. The van der Waals surface area contributed by atoms with Gasteiger partial charge < -0.3 is 9.84 Å². The number of ether oxygens (including phenoxy) is 1. The lowest BCUT2D eigenvalue weighted by molar-refractivity contribution is -0.151. The molecule has 0 amide bonds. The normalized spacial score (nSPS) is 30.4. The smallest absolute Gasteiger partial charge is 0.314 e. The summed E-state index contributed by atoms with van der Waals surface area (Å²) in [6.07, 6.45) is 9.86. The van der Waals surface area contributed by atoms with Gasteiger partial charge in [-0.15, -0.1) is 0 Å². The fraction of sp³-hybridized carbons (Fsp3) is 0.654. The minimum Gasteiger partial charge on any atom is -0.481 e. The first-order chi connectivity index (χ1) is 15.6. The van der Waals surface area contributed by atoms with Gasteiger partial charge in [-0.05, 0) is 81.6 Å². The van der Waals surface area contributed by atoms with Crippen LogP contribution in [0.2, 0.25) is 0 Å². The third-order valence-electron chi connectivity index (χ3n) is 8.12. The van der Waals surface area contributed by atoms with Crippen molar-refractivity contribution in [3.8, 4) is 0 Å². The molecule has 0 radical (unpaired) electrons. The summed E-state index contributed by atoms with van der Waals surface area (Å²) in [5.74, 6) is 3.15. The summed E-state index contributed by atoms with van der Waals surface area (Å²) in [4.78, 5) is 17.6. The first kappa shape index (κ1) is 20.4. The monoisotopic (exact) mass is 435 g/mol. The molecule has 1 N–H and O–H groups in total. The second kappa shape index (κ2) is 7.68. The molecule has 32 heavy (non-hydrogen) atoms. The highest BCUT2D eigenvalue weighted by atomic mass is 16.5. The summed E-state index contributed by atoms with van der Waals surface area (Å²) in [7, 11) is 0. The zero-order valence-electron chi connectivity index (χ0n) is 18.7. The van der Waals surface area contributed by atoms with Crippen LogP contribution in [-0.4, -0.2) is 32.4 Å². The number of carboxylic acid groups (broad SMARTS) is 1. The molecule has 1 aromatic heterocycles. The van der Waals surface area contributed by atoms with Crippen LogP contribution in [0.4, 0.5) is 0 Å². The lowest BCUT2D eigenvalue weighted by Gasteiger charge is -2.43. The molecule has 0 unspecified atom stereocenters. The maximum Gasteiger partial charge on any atom is 0.314 e. The maximum absolute atomic E-state index is 12.5. The quantitative estimate of drug-likeness (QED) is 0.613. The van der Waals surface area contributed by atoms with Crippen LogP contribution in [0.3, 0.4) is 0 Å². The molecule has 4 saturated carbocycles. The molecular formula is C26H33N3O3. The summed E-state index contributed by atoms with van der Waals surface area (Å²) in [5, 5.41) is 15.3. The lowest BCUT2D eigenvalue weighted by atomic mass is 9.65. The summed E-state index contributed by atoms with van der Waals surface area (Å²) in [6.45, 7) is 1.71. The lowest BCUT2D eigenvalue weighted by Crippen LogP contribution is -2.46. The molecule has 6 heteroatoms. The van der Waals surface area contributed by atoms with Gasteiger partial charge >= 0.3 is 5.97 Å². The van der Waals surface area contributed by atoms with Crippen LogP contribution in [0.5, 0.6) is 0 Å². The largest absolute Gasteiger partial charge is 0.481 e. The molecule has 4 aliphatic rings. The average Bonchev–Trinajstić information content (AvgIpc) is 3.67. The summed E-state index contributed by atoms with van der Waals surface area (Å²) in [6, 6.07) is 9.74. The van der Waals surface area contributed by atoms with E-state index in [4.69, 9.17) is 14.8 Å². The van der Waals surface area contributed by atoms with Gasteiger partial charge in [-0.3, -0.25) is 4.79 Å². The zero-order chi connectivity index (χ0) is 21.8. The van der Waals surface area contributed by atoms with Gasteiger partial charge in [0.2, 0.25) is 0 Å². The fourth-order valence-corrected chi connectivity index (χ4v) is 5.33. The molecule has 2 aromatic rings. The van der Waals surface area contributed by atoms with Crippen LogP contribution in [0.15, 0.2) is 30.3 Å². The van der Waals surface area contributed by atoms with Crippen molar-refractivity contribution < 1.29 is 14.6 Å². The van der Waals surface area contributed by atoms with E-state index in [-0.39, 0.29) is 0 Å². The van der Waals surface area contributed by atoms with Crippen molar-refractivity contribution in [1.29, 1.82) is 0 Å². The topological polar surface area (TPSA) is 77.2 Å². The van der Waals surface area contributed by atoms with E-state index in [2.05, 4.69) is 4.68 Å². The number of aliphatic carboxylic acids is 1. The van der Waals surface area contributed by atoms with E-state index < -0.39 is 17.0 Å². The SMILES string of the molecule is O=C(O)[C@]1(c2ccccc2)CC[C@@](OCC2CC2)(c2nc(C3CC3)n(CC3CC3)n2)CC1. The van der Waals surface area contributed by atoms with Crippen molar-refractivity contribution in [1.82, 2.24) is 14.8 Å². The third kappa shape index (κ3) is 3.76. The average molecular weight is 436 g/mol. The van der Waals surface area contributed by atoms with Crippen LogP contribution in [0.25, 0.3) is 0 Å². The van der Waals surface area contributed by atoms with Gasteiger partial charge in [-0.25, -0.2) is 9.67 Å². The molecule has 0 atom stereocenters. The number of rotatable bonds is 9. The third-order valence-corrected chi connectivity index (χ3v) is 8.12. The molecule has 0 saturated heterocycles. The van der Waals surface area contributed by atoms with Gasteiger partial charge in [0.25, 0.3) is 0 Å². The second-order valence-corrected chi connectivity index (χ2v) is 10.7. The number of nitrogens with zero attached hydrogens (tertiary/aromatic N) is 3. The van der Waals surface area contributed by atoms with E-state index in [9.17, 15) is 9.90 Å². The number of hydrogen-bond donors (Lipinski definition) is 1. The fourth-order valence-electron chi connectivity index (χ4n) is 5.33. The molecule has 170 valence electrons. The van der Waals surface area contributed by atoms with Crippen LogP contribution in [-0.2, 0) is 27.1 Å². The second-order valence-electron chi connectivity index (χ2n) is 10.7. The van der Waals surface area contributed by atoms with Crippen molar-refractivity contribution in [3.63, 3.8) is 0 Å². The molecule has 0 spiro atoms. The predicted octanol–water partition coefficient (Wildman–Crippen LogP) is 4.78. The van der Waals surface area contributed by atoms with Crippen LogP contribution in [0.1, 0.15) is 87.3 Å². The standard InChI is InChI=1S/C26H33N3O3/c30-24(31)25(21-4-2-1-3-5-21)12-14-26(15-13-25,32-17-19-8-9-19)23-27-22(20-10-11-20)29(28-23)16-18-6-7-18/h1-5,18-20H,6-17H2,(H,30,31)/t25-,26+. The van der Waals surface area contributed by atoms with Crippen molar-refractivity contribution in [3.05, 3.63) is 47.5 Å². The molecular weight excluding hydrogens is 402 g/mol. The molecule has 4 fully saturated rings. The highest BCUT2D eigenvalue weighted by molar-refractivity contribution is 5.81. The Morgan fingerprint density at radius 3 is 2.28 bits per heavy atom. The zero-order valence-corrected chi connectivity index (χ0v) is 18.7. The van der Waals surface area contributed by atoms with Crippen LogP contribution >= 0.6 is 0 Å².